The first kappa shape index (κ1) is 22.0. The molecule has 1 aromatic carbocycles. The number of hydrogen-bond donors (Lipinski definition) is 0. The first-order valence-electron chi connectivity index (χ1n) is 9.08. The molecule has 5 nitrogen and oxygen atoms in total. The normalized spacial score (nSPS) is 11.4. The van der Waals surface area contributed by atoms with Gasteiger partial charge in [0.1, 0.15) is 23.3 Å². The monoisotopic (exact) mass is 400 g/mol. The van der Waals surface area contributed by atoms with Gasteiger partial charge in [-0.3, -0.25) is 4.79 Å². The van der Waals surface area contributed by atoms with Crippen LogP contribution in [0, 0.1) is 42.7 Å². The first-order valence-corrected chi connectivity index (χ1v) is 9.08. The van der Waals surface area contributed by atoms with Crippen LogP contribution in [0.25, 0.3) is 6.08 Å². The molecule has 0 aliphatic carbocycles. The van der Waals surface area contributed by atoms with E-state index in [0.29, 0.717) is 11.5 Å². The van der Waals surface area contributed by atoms with Gasteiger partial charge in [-0.15, -0.1) is 0 Å². The van der Waals surface area contributed by atoms with Crippen molar-refractivity contribution in [2.24, 2.45) is 5.92 Å². The zero-order chi connectivity index (χ0) is 21.7. The number of aromatic nitrogens is 1. The number of Topliss-reactive ketones (excluding diaryl/α,β-unsaturated/α-hetero) is 1. The van der Waals surface area contributed by atoms with Crippen LogP contribution in [0.1, 0.15) is 41.2 Å². The lowest BCUT2D eigenvalue weighted by Crippen LogP contribution is -2.16. The van der Waals surface area contributed by atoms with E-state index < -0.39 is 35.6 Å². The fourth-order valence-electron chi connectivity index (χ4n) is 2.91. The minimum Gasteiger partial charge on any atom is -0.453 e. The predicted octanol–water partition coefficient (Wildman–Crippen LogP) is 4.37. The number of esters is 1. The van der Waals surface area contributed by atoms with Crippen molar-refractivity contribution in [1.82, 2.24) is 4.57 Å². The van der Waals surface area contributed by atoms with Gasteiger partial charge in [0.05, 0.1) is 5.56 Å². The zero-order valence-corrected chi connectivity index (χ0v) is 16.8. The molecule has 1 heterocycles. The van der Waals surface area contributed by atoms with Crippen molar-refractivity contribution in [2.45, 2.75) is 34.2 Å². The predicted molar refractivity (Wildman–Crippen MR) is 104 cm³/mol. The number of aryl methyl sites for hydroxylation is 1. The highest BCUT2D eigenvalue weighted by atomic mass is 19.1. The van der Waals surface area contributed by atoms with Gasteiger partial charge in [0.25, 0.3) is 0 Å². The number of carbonyl (C=O) groups is 2. The lowest BCUT2D eigenvalue weighted by molar-refractivity contribution is -0.137. The van der Waals surface area contributed by atoms with E-state index in [-0.39, 0.29) is 5.57 Å². The van der Waals surface area contributed by atoms with Gasteiger partial charge < -0.3 is 9.30 Å². The lowest BCUT2D eigenvalue weighted by atomic mass is 10.1. The minimum absolute atomic E-state index is 0.290. The van der Waals surface area contributed by atoms with E-state index in [0.717, 1.165) is 36.1 Å². The third-order valence-corrected chi connectivity index (χ3v) is 4.36. The summed E-state index contributed by atoms with van der Waals surface area (Å²) >= 11 is 0. The Morgan fingerprint density at radius 2 is 1.93 bits per heavy atom. The molecule has 7 heteroatoms. The number of nitriles is 1. The van der Waals surface area contributed by atoms with Crippen molar-refractivity contribution in [3.05, 3.63) is 64.0 Å². The highest BCUT2D eigenvalue weighted by Crippen LogP contribution is 2.20. The van der Waals surface area contributed by atoms with Gasteiger partial charge in [0, 0.05) is 17.9 Å². The molecule has 2 rings (SSSR count). The summed E-state index contributed by atoms with van der Waals surface area (Å²) in [5.41, 5.74) is 1.78. The number of halogens is 2. The van der Waals surface area contributed by atoms with Gasteiger partial charge in [-0.2, -0.15) is 5.26 Å². The summed E-state index contributed by atoms with van der Waals surface area (Å²) in [6, 6.07) is 6.05. The molecule has 0 bridgehead atoms. The maximum absolute atomic E-state index is 13.6. The van der Waals surface area contributed by atoms with Crippen LogP contribution in [0.5, 0.6) is 0 Å². The molecule has 0 amide bonds. The molecule has 0 spiro atoms. The maximum atomic E-state index is 13.6. The Labute approximate surface area is 168 Å². The van der Waals surface area contributed by atoms with E-state index >= 15 is 0 Å². The molecular formula is C22H22F2N2O3. The fraction of sp³-hybridized carbons (Fsp3) is 0.318. The van der Waals surface area contributed by atoms with Crippen LogP contribution in [-0.4, -0.2) is 22.9 Å². The van der Waals surface area contributed by atoms with E-state index in [1.165, 1.54) is 6.08 Å². The quantitative estimate of drug-likeness (QED) is 0.299. The Bertz CT molecular complexity index is 1010. The second kappa shape index (κ2) is 9.28. The lowest BCUT2D eigenvalue weighted by Gasteiger charge is -2.12. The van der Waals surface area contributed by atoms with Gasteiger partial charge in [0.2, 0.25) is 5.78 Å². The third kappa shape index (κ3) is 5.38. The first-order chi connectivity index (χ1) is 13.6. The van der Waals surface area contributed by atoms with Crippen LogP contribution in [0.15, 0.2) is 29.8 Å². The largest absolute Gasteiger partial charge is 0.453 e. The highest BCUT2D eigenvalue weighted by molar-refractivity contribution is 6.02. The molecule has 0 saturated carbocycles. The molecule has 0 N–H and O–H groups in total. The number of nitrogens with zero attached hydrogens (tertiary/aromatic N) is 2. The van der Waals surface area contributed by atoms with E-state index in [4.69, 9.17) is 4.74 Å². The van der Waals surface area contributed by atoms with Crippen molar-refractivity contribution in [2.75, 3.05) is 6.61 Å². The molecule has 2 aromatic rings. The number of rotatable bonds is 7. The Kier molecular flexibility index (Phi) is 7.05. The Morgan fingerprint density at radius 3 is 2.55 bits per heavy atom. The average molecular weight is 400 g/mol. The number of hydrogen-bond acceptors (Lipinski definition) is 4. The standard InChI is InChI=1S/C22H22F2N2O3/c1-13(2)11-26-14(3)7-16(15(26)4)8-17(10-25)22(28)29-12-21(27)19-9-18(23)5-6-20(19)24/h5-9,13H,11-12H2,1-4H3/b17-8+. The highest BCUT2D eigenvalue weighted by Gasteiger charge is 2.18. The summed E-state index contributed by atoms with van der Waals surface area (Å²) in [4.78, 5) is 24.2. The second-order valence-corrected chi connectivity index (χ2v) is 7.12. The molecule has 0 unspecified atom stereocenters. The van der Waals surface area contributed by atoms with Crippen molar-refractivity contribution in [1.29, 1.82) is 5.26 Å². The molecule has 0 aliphatic rings. The molecule has 0 atom stereocenters. The molecule has 0 aliphatic heterocycles. The zero-order valence-electron chi connectivity index (χ0n) is 16.8. The van der Waals surface area contributed by atoms with Crippen LogP contribution in [0.4, 0.5) is 8.78 Å². The smallest absolute Gasteiger partial charge is 0.349 e. The molecule has 152 valence electrons. The van der Waals surface area contributed by atoms with E-state index in [2.05, 4.69) is 18.4 Å². The minimum atomic E-state index is -1.01. The molecule has 0 radical (unpaired) electrons. The van der Waals surface area contributed by atoms with Crippen LogP contribution >= 0.6 is 0 Å². The molecule has 0 fully saturated rings. The summed E-state index contributed by atoms with van der Waals surface area (Å²) in [6.45, 7) is 7.99. The Balaban J connectivity index is 2.16. The molecule has 29 heavy (non-hydrogen) atoms. The van der Waals surface area contributed by atoms with Crippen LogP contribution in [-0.2, 0) is 16.1 Å². The van der Waals surface area contributed by atoms with Crippen LogP contribution in [0.2, 0.25) is 0 Å². The van der Waals surface area contributed by atoms with Gasteiger partial charge in [-0.25, -0.2) is 13.6 Å². The average Bonchev–Trinajstić information content (AvgIpc) is 2.92. The summed E-state index contributed by atoms with van der Waals surface area (Å²) in [7, 11) is 0. The fourth-order valence-corrected chi connectivity index (χ4v) is 2.91. The van der Waals surface area contributed by atoms with Gasteiger partial charge in [0.15, 0.2) is 6.61 Å². The van der Waals surface area contributed by atoms with Crippen molar-refractivity contribution in [3.63, 3.8) is 0 Å². The van der Waals surface area contributed by atoms with Crippen LogP contribution in [0.3, 0.4) is 0 Å². The summed E-state index contributed by atoms with van der Waals surface area (Å²) < 4.78 is 33.8. The van der Waals surface area contributed by atoms with Crippen molar-refractivity contribution < 1.29 is 23.1 Å². The summed E-state index contributed by atoms with van der Waals surface area (Å²) in [5.74, 6) is -3.18. The Hall–Kier alpha value is -3.27. The maximum Gasteiger partial charge on any atom is 0.349 e. The third-order valence-electron chi connectivity index (χ3n) is 4.36. The van der Waals surface area contributed by atoms with Gasteiger partial charge in [-0.05, 0) is 55.7 Å². The number of ether oxygens (including phenoxy) is 1. The van der Waals surface area contributed by atoms with Gasteiger partial charge in [-0.1, -0.05) is 13.8 Å². The van der Waals surface area contributed by atoms with Gasteiger partial charge >= 0.3 is 5.97 Å². The number of benzene rings is 1. The van der Waals surface area contributed by atoms with Crippen molar-refractivity contribution in [3.8, 4) is 6.07 Å². The molecular weight excluding hydrogens is 378 g/mol. The number of carbonyl (C=O) groups excluding carboxylic acids is 2. The molecule has 0 saturated heterocycles. The SMILES string of the molecule is Cc1cc(/C=C(\C#N)C(=O)OCC(=O)c2cc(F)ccc2F)c(C)n1CC(C)C. The van der Waals surface area contributed by atoms with Crippen molar-refractivity contribution >= 4 is 17.8 Å². The van der Waals surface area contributed by atoms with E-state index in [9.17, 15) is 23.6 Å². The van der Waals surface area contributed by atoms with Crippen LogP contribution < -0.4 is 0 Å². The van der Waals surface area contributed by atoms with E-state index in [1.54, 1.807) is 6.07 Å². The Morgan fingerprint density at radius 1 is 1.24 bits per heavy atom. The summed E-state index contributed by atoms with van der Waals surface area (Å²) in [6.07, 6.45) is 1.40. The summed E-state index contributed by atoms with van der Waals surface area (Å²) in [5, 5.41) is 9.31. The molecule has 1 aromatic heterocycles. The van der Waals surface area contributed by atoms with E-state index in [1.807, 2.05) is 19.9 Å². The topological polar surface area (TPSA) is 72.1 Å². The second-order valence-electron chi connectivity index (χ2n) is 7.12. The number of ketones is 1.